The second-order valence-corrected chi connectivity index (χ2v) is 2.18. The first-order chi connectivity index (χ1) is 11.0. The van der Waals surface area contributed by atoms with Crippen molar-refractivity contribution < 1.29 is 70.0 Å². The van der Waals surface area contributed by atoms with E-state index in [1.165, 1.54) is 0 Å². The molecule has 6 nitrogen and oxygen atoms in total. The smallest absolute Gasteiger partial charge is 0 e. The van der Waals surface area contributed by atoms with E-state index in [1.54, 1.807) is 0 Å². The van der Waals surface area contributed by atoms with Gasteiger partial charge in [-0.25, -0.2) is 0 Å². The Bertz CT molecular complexity index is 321. The molecule has 0 saturated carbocycles. The second kappa shape index (κ2) is 122. The van der Waals surface area contributed by atoms with Gasteiger partial charge in [-0.1, -0.05) is 48.6 Å². The predicted molar refractivity (Wildman–Crippen MR) is 79.6 cm³/mol. The van der Waals surface area contributed by atoms with E-state index < -0.39 is 0 Å². The van der Waals surface area contributed by atoms with Crippen molar-refractivity contribution in [2.75, 3.05) is 0 Å². The second-order valence-electron chi connectivity index (χ2n) is 2.18. The molecule has 0 saturated heterocycles. The fraction of sp³-hybridized carbons (Fsp3) is 0.125. The number of hydrogen-bond acceptors (Lipinski definition) is 0. The maximum Gasteiger partial charge on any atom is 0 e. The Morgan fingerprint density at radius 1 is 0.375 bits per heavy atom. The summed E-state index contributed by atoms with van der Waals surface area (Å²) in [6.45, 7) is 19.5. The molecule has 0 amide bonds. The van der Waals surface area contributed by atoms with Crippen LogP contribution >= 0.6 is 0 Å². The van der Waals surface area contributed by atoms with Crippen LogP contribution in [0.2, 0.25) is 0 Å². The summed E-state index contributed by atoms with van der Waals surface area (Å²) in [5.41, 5.74) is 0. The van der Waals surface area contributed by atoms with Gasteiger partial charge in [-0.05, 0) is 12.8 Å². The molecule has 24 heavy (non-hydrogen) atoms. The van der Waals surface area contributed by atoms with Gasteiger partial charge < -0.3 is 0 Å². The van der Waals surface area contributed by atoms with Gasteiger partial charge in [0, 0.05) is 42.1 Å². The summed E-state index contributed by atoms with van der Waals surface area (Å²) in [4.78, 5) is 0. The molecule has 2 aliphatic carbocycles. The van der Waals surface area contributed by atoms with E-state index in [1.807, 2.05) is 0 Å². The van der Waals surface area contributed by atoms with Crippen LogP contribution in [0, 0.1) is 39.9 Å². The normalized spacial score (nSPS) is 7.83. The quantitative estimate of drug-likeness (QED) is 0.361. The van der Waals surface area contributed by atoms with Gasteiger partial charge in [0.05, 0.1) is 0 Å². The van der Waals surface area contributed by atoms with Gasteiger partial charge in [-0.3, -0.25) is 0 Å². The third-order valence-electron chi connectivity index (χ3n) is 1.31. The van der Waals surface area contributed by atoms with Crippen molar-refractivity contribution in [1.29, 1.82) is 0 Å². The Morgan fingerprint density at radius 3 is 0.542 bits per heavy atom. The van der Waals surface area contributed by atoms with Crippen LogP contribution in [0.25, 0.3) is 0 Å². The Labute approximate surface area is 171 Å². The molecule has 0 aromatic carbocycles. The zero-order chi connectivity index (χ0) is 19.1. The summed E-state index contributed by atoms with van der Waals surface area (Å²) in [5, 5.41) is 0. The molecule has 0 aliphatic heterocycles. The van der Waals surface area contributed by atoms with Gasteiger partial charge in [0.15, 0.2) is 0 Å². The first-order valence-corrected chi connectivity index (χ1v) is 5.05. The van der Waals surface area contributed by atoms with Crippen LogP contribution in [0.3, 0.4) is 0 Å². The van der Waals surface area contributed by atoms with Crippen LogP contribution in [0.5, 0.6) is 0 Å². The standard InChI is InChI=1S/2C5H6.6CHO.2Mo/c2*1-2-4-5-3-1;6*1-2;;/h2*1-4H,5H2;6*1H;;/q;;6*+1;;. The largest absolute Gasteiger partial charge is 0.0808 e. The molecule has 0 N–H and O–H groups in total. The Kier molecular flexibility index (Phi) is 252. The minimum atomic E-state index is 0. The van der Waals surface area contributed by atoms with Crippen LogP contribution in [-0.4, -0.2) is 0 Å². The molecule has 2 rings (SSSR count). The van der Waals surface area contributed by atoms with Gasteiger partial charge in [0.1, 0.15) is 0 Å². The average molecular weight is 498 g/mol. The molecule has 0 aromatic heterocycles. The summed E-state index contributed by atoms with van der Waals surface area (Å²) in [6.07, 6.45) is 19.0. The van der Waals surface area contributed by atoms with Crippen molar-refractivity contribution in [3.8, 4) is 39.9 Å². The summed E-state index contributed by atoms with van der Waals surface area (Å²) in [6, 6.07) is 0. The molecule has 0 atom stereocenters. The number of rotatable bonds is 0. The Morgan fingerprint density at radius 2 is 0.500 bits per heavy atom. The number of hydrogen-bond donors (Lipinski definition) is 0. The Hall–Kier alpha value is -1.22. The van der Waals surface area contributed by atoms with Gasteiger partial charge in [0.25, 0.3) is 0 Å². The summed E-state index contributed by atoms with van der Waals surface area (Å²) in [5.74, 6) is 0. The van der Waals surface area contributed by atoms with Crippen molar-refractivity contribution in [2.24, 2.45) is 0 Å². The average Bonchev–Trinajstić information content (AvgIpc) is 3.43. The fourth-order valence-corrected chi connectivity index (χ4v) is 0.786. The van der Waals surface area contributed by atoms with Crippen LogP contribution in [0.15, 0.2) is 48.6 Å². The first kappa shape index (κ1) is 49.5. The number of allylic oxidation sites excluding steroid dienone is 8. The van der Waals surface area contributed by atoms with Crippen molar-refractivity contribution in [3.05, 3.63) is 48.6 Å². The fourth-order valence-electron chi connectivity index (χ4n) is 0.786. The van der Waals surface area contributed by atoms with E-state index in [9.17, 15) is 0 Å². The molecular formula is C16H18Mo2O6+6. The molecule has 124 valence electrons. The third kappa shape index (κ3) is 105. The van der Waals surface area contributed by atoms with Gasteiger partial charge in [-0.2, -0.15) is 0 Å². The molecule has 0 spiro atoms. The molecule has 0 unspecified atom stereocenters. The molecule has 0 heterocycles. The topological polar surface area (TPSA) is 119 Å². The predicted octanol–water partition coefficient (Wildman–Crippen LogP) is 3.04. The van der Waals surface area contributed by atoms with Gasteiger partial charge >= 0.3 is 67.8 Å². The minimum absolute atomic E-state index is 0. The van der Waals surface area contributed by atoms with Crippen molar-refractivity contribution in [1.82, 2.24) is 0 Å². The van der Waals surface area contributed by atoms with E-state index in [-0.39, 0.29) is 42.1 Å². The van der Waals surface area contributed by atoms with E-state index in [2.05, 4.69) is 88.5 Å². The molecule has 0 radical (unpaired) electrons. The maximum atomic E-state index is 7.75. The molecule has 0 aromatic rings. The molecule has 0 bridgehead atoms. The van der Waals surface area contributed by atoms with Crippen LogP contribution in [0.4, 0.5) is 0 Å². The van der Waals surface area contributed by atoms with Crippen LogP contribution in [0.1, 0.15) is 12.8 Å². The van der Waals surface area contributed by atoms with Crippen molar-refractivity contribution >= 4 is 0 Å². The van der Waals surface area contributed by atoms with Crippen molar-refractivity contribution in [3.63, 3.8) is 0 Å². The third-order valence-corrected chi connectivity index (χ3v) is 1.31. The summed E-state index contributed by atoms with van der Waals surface area (Å²) in [7, 11) is 0. The van der Waals surface area contributed by atoms with E-state index in [4.69, 9.17) is 27.9 Å². The monoisotopic (exact) mass is 502 g/mol. The van der Waals surface area contributed by atoms with Crippen LogP contribution < -0.4 is 0 Å². The zero-order valence-corrected chi connectivity index (χ0v) is 16.8. The molecule has 8 heteroatoms. The van der Waals surface area contributed by atoms with E-state index in [0.717, 1.165) is 12.8 Å². The molecular weight excluding hydrogens is 480 g/mol. The SMILES string of the molecule is C#[O+].C#[O+].C#[O+].C#[O+].C#[O+].C#[O+].C1=CCC=C1.C1=CCC=C1.[Mo].[Mo]. The molecule has 2 aliphatic rings. The first-order valence-electron chi connectivity index (χ1n) is 5.05. The van der Waals surface area contributed by atoms with Crippen molar-refractivity contribution in [2.45, 2.75) is 12.8 Å². The zero-order valence-electron chi connectivity index (χ0n) is 12.8. The summed E-state index contributed by atoms with van der Waals surface area (Å²) >= 11 is 0. The summed E-state index contributed by atoms with van der Waals surface area (Å²) < 4.78 is 46.5. The molecule has 0 fully saturated rings. The van der Waals surface area contributed by atoms with E-state index in [0.29, 0.717) is 0 Å². The van der Waals surface area contributed by atoms with Gasteiger partial charge in [-0.15, -0.1) is 0 Å². The Balaban J connectivity index is -0.0000000213. The minimum Gasteiger partial charge on any atom is -0.0808 e. The van der Waals surface area contributed by atoms with Gasteiger partial charge in [0.2, 0.25) is 0 Å². The van der Waals surface area contributed by atoms with E-state index >= 15 is 0 Å². The van der Waals surface area contributed by atoms with Crippen LogP contribution in [-0.2, 0) is 70.0 Å². The maximum absolute atomic E-state index is 7.75.